The highest BCUT2D eigenvalue weighted by atomic mass is 19.1. The maximum atomic E-state index is 13.6. The first-order valence-corrected chi connectivity index (χ1v) is 7.25. The van der Waals surface area contributed by atoms with E-state index in [0.29, 0.717) is 5.56 Å². The van der Waals surface area contributed by atoms with Crippen molar-refractivity contribution in [3.8, 4) is 5.75 Å². The van der Waals surface area contributed by atoms with E-state index in [0.717, 1.165) is 17.0 Å². The minimum atomic E-state index is -0.165. The highest BCUT2D eigenvalue weighted by Crippen LogP contribution is 2.23. The molecule has 0 fully saturated rings. The molecule has 21 heavy (non-hydrogen) atoms. The van der Waals surface area contributed by atoms with Crippen LogP contribution < -0.4 is 10.1 Å². The third kappa shape index (κ3) is 4.22. The van der Waals surface area contributed by atoms with Crippen LogP contribution >= 0.6 is 0 Å². The van der Waals surface area contributed by atoms with E-state index in [1.54, 1.807) is 13.0 Å². The smallest absolute Gasteiger partial charge is 0.126 e. The van der Waals surface area contributed by atoms with Crippen LogP contribution in [-0.2, 0) is 0 Å². The summed E-state index contributed by atoms with van der Waals surface area (Å²) in [6.45, 7) is 7.79. The Hall–Kier alpha value is -2.03. The molecule has 1 atom stereocenters. The van der Waals surface area contributed by atoms with Crippen LogP contribution in [0.25, 0.3) is 0 Å². The van der Waals surface area contributed by atoms with E-state index in [1.165, 1.54) is 0 Å². The molecule has 0 aliphatic carbocycles. The van der Waals surface area contributed by atoms with Crippen molar-refractivity contribution in [3.63, 3.8) is 0 Å². The summed E-state index contributed by atoms with van der Waals surface area (Å²) >= 11 is 0. The van der Waals surface area contributed by atoms with Crippen LogP contribution in [0, 0.1) is 12.7 Å². The van der Waals surface area contributed by atoms with Gasteiger partial charge in [0.05, 0.1) is 6.10 Å². The highest BCUT2D eigenvalue weighted by Gasteiger charge is 2.08. The zero-order chi connectivity index (χ0) is 15.4. The number of hydrogen-bond acceptors (Lipinski definition) is 2. The quantitative estimate of drug-likeness (QED) is 0.826. The van der Waals surface area contributed by atoms with Crippen LogP contribution in [0.1, 0.15) is 37.9 Å². The molecule has 0 spiro atoms. The summed E-state index contributed by atoms with van der Waals surface area (Å²) in [7, 11) is 0. The predicted octanol–water partition coefficient (Wildman–Crippen LogP) is 5.09. The van der Waals surface area contributed by atoms with Gasteiger partial charge in [0, 0.05) is 11.7 Å². The second-order valence-corrected chi connectivity index (χ2v) is 5.57. The molecule has 0 aliphatic heterocycles. The molecule has 0 saturated heterocycles. The minimum absolute atomic E-state index is 0.0389. The lowest BCUT2D eigenvalue weighted by Crippen LogP contribution is -2.08. The van der Waals surface area contributed by atoms with Gasteiger partial charge < -0.3 is 10.1 Å². The average molecular weight is 287 g/mol. The van der Waals surface area contributed by atoms with Crippen molar-refractivity contribution in [2.75, 3.05) is 5.32 Å². The first-order chi connectivity index (χ1) is 9.95. The van der Waals surface area contributed by atoms with E-state index in [-0.39, 0.29) is 18.0 Å². The van der Waals surface area contributed by atoms with Crippen molar-refractivity contribution in [2.45, 2.75) is 39.8 Å². The summed E-state index contributed by atoms with van der Waals surface area (Å²) in [6, 6.07) is 13.2. The summed E-state index contributed by atoms with van der Waals surface area (Å²) in [6.07, 6.45) is 0.165. The number of rotatable bonds is 5. The second kappa shape index (κ2) is 6.61. The van der Waals surface area contributed by atoms with Gasteiger partial charge in [-0.25, -0.2) is 4.39 Å². The lowest BCUT2D eigenvalue weighted by atomic mass is 10.1. The predicted molar refractivity (Wildman–Crippen MR) is 85.4 cm³/mol. The van der Waals surface area contributed by atoms with Gasteiger partial charge in [-0.2, -0.15) is 0 Å². The van der Waals surface area contributed by atoms with Gasteiger partial charge in [-0.05, 0) is 69.2 Å². The van der Waals surface area contributed by atoms with Gasteiger partial charge in [0.15, 0.2) is 0 Å². The fourth-order valence-electron chi connectivity index (χ4n) is 2.11. The minimum Gasteiger partial charge on any atom is -0.491 e. The summed E-state index contributed by atoms with van der Waals surface area (Å²) in [5.74, 6) is 0.686. The summed E-state index contributed by atoms with van der Waals surface area (Å²) in [4.78, 5) is 0. The van der Waals surface area contributed by atoms with Crippen LogP contribution in [0.15, 0.2) is 42.5 Å². The van der Waals surface area contributed by atoms with Gasteiger partial charge in [-0.1, -0.05) is 12.1 Å². The molecule has 0 aromatic heterocycles. The normalized spacial score (nSPS) is 12.3. The summed E-state index contributed by atoms with van der Waals surface area (Å²) < 4.78 is 19.2. The molecular weight excluding hydrogens is 265 g/mol. The molecule has 112 valence electrons. The number of ether oxygens (including phenoxy) is 1. The van der Waals surface area contributed by atoms with Crippen molar-refractivity contribution in [1.82, 2.24) is 0 Å². The van der Waals surface area contributed by atoms with Crippen molar-refractivity contribution in [1.29, 1.82) is 0 Å². The maximum Gasteiger partial charge on any atom is 0.126 e. The van der Waals surface area contributed by atoms with Crippen LogP contribution in [-0.4, -0.2) is 6.10 Å². The fourth-order valence-corrected chi connectivity index (χ4v) is 2.11. The molecule has 0 bridgehead atoms. The van der Waals surface area contributed by atoms with Gasteiger partial charge in [0.2, 0.25) is 0 Å². The van der Waals surface area contributed by atoms with E-state index < -0.39 is 0 Å². The van der Waals surface area contributed by atoms with Crippen molar-refractivity contribution in [3.05, 3.63) is 59.4 Å². The van der Waals surface area contributed by atoms with Gasteiger partial charge in [0.1, 0.15) is 11.6 Å². The lowest BCUT2D eigenvalue weighted by molar-refractivity contribution is 0.242. The van der Waals surface area contributed by atoms with Crippen LogP contribution in [0.2, 0.25) is 0 Å². The van der Waals surface area contributed by atoms with Crippen molar-refractivity contribution >= 4 is 5.69 Å². The van der Waals surface area contributed by atoms with Crippen LogP contribution in [0.3, 0.4) is 0 Å². The molecule has 3 heteroatoms. The number of nitrogens with one attached hydrogen (secondary N) is 1. The van der Waals surface area contributed by atoms with E-state index >= 15 is 0 Å². The SMILES string of the molecule is Cc1ccc(C(C)Nc2ccc(OC(C)C)cc2)cc1F. The molecule has 0 amide bonds. The molecule has 0 radical (unpaired) electrons. The lowest BCUT2D eigenvalue weighted by Gasteiger charge is -2.17. The average Bonchev–Trinajstić information content (AvgIpc) is 2.43. The number of hydrogen-bond donors (Lipinski definition) is 1. The second-order valence-electron chi connectivity index (χ2n) is 5.57. The van der Waals surface area contributed by atoms with E-state index in [1.807, 2.05) is 57.2 Å². The van der Waals surface area contributed by atoms with Crippen molar-refractivity contribution in [2.24, 2.45) is 0 Å². The highest BCUT2D eigenvalue weighted by molar-refractivity contribution is 5.48. The Kier molecular flexibility index (Phi) is 4.84. The Labute approximate surface area is 126 Å². The Morgan fingerprint density at radius 3 is 2.24 bits per heavy atom. The first kappa shape index (κ1) is 15.4. The van der Waals surface area contributed by atoms with Gasteiger partial charge in [0.25, 0.3) is 0 Å². The Morgan fingerprint density at radius 2 is 1.67 bits per heavy atom. The summed E-state index contributed by atoms with van der Waals surface area (Å²) in [5, 5.41) is 3.36. The zero-order valence-electron chi connectivity index (χ0n) is 13.0. The molecule has 0 heterocycles. The molecule has 1 N–H and O–H groups in total. The van der Waals surface area contributed by atoms with Crippen molar-refractivity contribution < 1.29 is 9.13 Å². The Bertz CT molecular complexity index is 593. The number of benzene rings is 2. The van der Waals surface area contributed by atoms with E-state index in [9.17, 15) is 4.39 Å². The molecule has 0 aliphatic rings. The van der Waals surface area contributed by atoms with E-state index in [4.69, 9.17) is 4.74 Å². The first-order valence-electron chi connectivity index (χ1n) is 7.25. The maximum absolute atomic E-state index is 13.6. The van der Waals surface area contributed by atoms with Gasteiger partial charge in [-0.3, -0.25) is 0 Å². The van der Waals surface area contributed by atoms with Crippen LogP contribution in [0.4, 0.5) is 10.1 Å². The summed E-state index contributed by atoms with van der Waals surface area (Å²) in [5.41, 5.74) is 2.58. The monoisotopic (exact) mass is 287 g/mol. The third-order valence-corrected chi connectivity index (χ3v) is 3.31. The molecular formula is C18H22FNO. The third-order valence-electron chi connectivity index (χ3n) is 3.31. The molecule has 2 aromatic carbocycles. The van der Waals surface area contributed by atoms with Gasteiger partial charge in [-0.15, -0.1) is 0 Å². The standard InChI is InChI=1S/C18H22FNO/c1-12(2)21-17-9-7-16(8-10-17)20-14(4)15-6-5-13(3)18(19)11-15/h5-12,14,20H,1-4H3. The molecule has 0 saturated carbocycles. The Balaban J connectivity index is 2.04. The Morgan fingerprint density at radius 1 is 1.00 bits per heavy atom. The van der Waals surface area contributed by atoms with Crippen LogP contribution in [0.5, 0.6) is 5.75 Å². The number of anilines is 1. The molecule has 2 rings (SSSR count). The molecule has 2 nitrogen and oxygen atoms in total. The number of aryl methyl sites for hydroxylation is 1. The largest absolute Gasteiger partial charge is 0.491 e. The zero-order valence-corrected chi connectivity index (χ0v) is 13.0. The molecule has 2 aromatic rings. The number of halogens is 1. The molecule has 1 unspecified atom stereocenters. The fraction of sp³-hybridized carbons (Fsp3) is 0.333. The topological polar surface area (TPSA) is 21.3 Å². The van der Waals surface area contributed by atoms with E-state index in [2.05, 4.69) is 5.32 Å². The van der Waals surface area contributed by atoms with Gasteiger partial charge >= 0.3 is 0 Å².